The molecule has 2 rings (SSSR count). The first-order valence-corrected chi connectivity index (χ1v) is 8.99. The minimum Gasteiger partial charge on any atom is -0.370 e. The predicted octanol–water partition coefficient (Wildman–Crippen LogP) is 1.62. The Morgan fingerprint density at radius 2 is 2.26 bits per heavy atom. The molecule has 0 saturated carbocycles. The van der Waals surface area contributed by atoms with E-state index in [1.165, 1.54) is 0 Å². The van der Waals surface area contributed by atoms with Crippen molar-refractivity contribution in [2.24, 2.45) is 10.7 Å². The molecule has 7 heteroatoms. The number of H-pyrrole nitrogens is 1. The van der Waals surface area contributed by atoms with Crippen LogP contribution in [0.5, 0.6) is 0 Å². The summed E-state index contributed by atoms with van der Waals surface area (Å²) in [4.78, 5) is 15.7. The Kier molecular flexibility index (Phi) is 8.04. The van der Waals surface area contributed by atoms with Crippen LogP contribution in [0.2, 0.25) is 0 Å². The Labute approximate surface area is 141 Å². The molecule has 0 atom stereocenters. The minimum absolute atomic E-state index is 0.528. The SMILES string of the molecule is NC(=NCCCc1cnc[nH]1)NCCSCCc1ccccn1. The summed E-state index contributed by atoms with van der Waals surface area (Å²) in [6.45, 7) is 1.56. The van der Waals surface area contributed by atoms with E-state index in [-0.39, 0.29) is 0 Å². The van der Waals surface area contributed by atoms with Crippen LogP contribution in [0.4, 0.5) is 0 Å². The number of pyridine rings is 1. The molecule has 0 radical (unpaired) electrons. The van der Waals surface area contributed by atoms with Crippen molar-refractivity contribution in [3.8, 4) is 0 Å². The molecule has 0 bridgehead atoms. The van der Waals surface area contributed by atoms with Gasteiger partial charge in [-0.1, -0.05) is 6.07 Å². The molecule has 0 aliphatic carbocycles. The smallest absolute Gasteiger partial charge is 0.188 e. The fourth-order valence-electron chi connectivity index (χ4n) is 2.02. The molecule has 0 aliphatic rings. The lowest BCUT2D eigenvalue weighted by molar-refractivity contribution is 0.806. The summed E-state index contributed by atoms with van der Waals surface area (Å²) in [6.07, 6.45) is 8.28. The van der Waals surface area contributed by atoms with Gasteiger partial charge in [-0.3, -0.25) is 9.98 Å². The van der Waals surface area contributed by atoms with Crippen molar-refractivity contribution in [1.29, 1.82) is 0 Å². The highest BCUT2D eigenvalue weighted by Gasteiger charge is 1.96. The summed E-state index contributed by atoms with van der Waals surface area (Å²) in [7, 11) is 0. The standard InChI is InChI=1S/C16H24N6S/c17-16(20-8-3-5-15-12-18-13-22-15)21-9-11-23-10-6-14-4-1-2-7-19-14/h1-2,4,7,12-13H,3,5-6,8-11H2,(H,18,22)(H3,17,20,21). The van der Waals surface area contributed by atoms with Gasteiger partial charge in [0.2, 0.25) is 0 Å². The summed E-state index contributed by atoms with van der Waals surface area (Å²) in [6, 6.07) is 6.03. The van der Waals surface area contributed by atoms with Crippen LogP contribution in [0, 0.1) is 0 Å². The average Bonchev–Trinajstić information content (AvgIpc) is 3.09. The summed E-state index contributed by atoms with van der Waals surface area (Å²) in [5, 5.41) is 3.15. The number of aliphatic imine (C=N–C) groups is 1. The van der Waals surface area contributed by atoms with Crippen LogP contribution >= 0.6 is 11.8 Å². The van der Waals surface area contributed by atoms with E-state index >= 15 is 0 Å². The first-order valence-electron chi connectivity index (χ1n) is 7.83. The molecule has 0 saturated heterocycles. The van der Waals surface area contributed by atoms with Crippen molar-refractivity contribution in [2.45, 2.75) is 19.3 Å². The highest BCUT2D eigenvalue weighted by atomic mass is 32.2. The molecule has 4 N–H and O–H groups in total. The van der Waals surface area contributed by atoms with Crippen molar-refractivity contribution in [3.63, 3.8) is 0 Å². The van der Waals surface area contributed by atoms with Crippen LogP contribution in [0.15, 0.2) is 41.9 Å². The van der Waals surface area contributed by atoms with E-state index < -0.39 is 0 Å². The van der Waals surface area contributed by atoms with Crippen LogP contribution in [-0.2, 0) is 12.8 Å². The first kappa shape index (κ1) is 17.3. The second kappa shape index (κ2) is 10.7. The largest absolute Gasteiger partial charge is 0.370 e. The minimum atomic E-state index is 0.528. The van der Waals surface area contributed by atoms with Crippen molar-refractivity contribution < 1.29 is 0 Å². The lowest BCUT2D eigenvalue weighted by Gasteiger charge is -2.05. The van der Waals surface area contributed by atoms with E-state index in [9.17, 15) is 0 Å². The molecule has 2 heterocycles. The lowest BCUT2D eigenvalue weighted by Crippen LogP contribution is -2.33. The molecule has 124 valence electrons. The van der Waals surface area contributed by atoms with Gasteiger partial charge in [0.1, 0.15) is 0 Å². The third kappa shape index (κ3) is 7.69. The van der Waals surface area contributed by atoms with E-state index in [1.807, 2.05) is 36.3 Å². The first-order chi connectivity index (χ1) is 11.3. The predicted molar refractivity (Wildman–Crippen MR) is 96.7 cm³/mol. The molecule has 0 spiro atoms. The maximum atomic E-state index is 5.84. The number of nitrogens with two attached hydrogens (primary N) is 1. The number of guanidine groups is 1. The number of imidazole rings is 1. The number of nitrogens with zero attached hydrogens (tertiary/aromatic N) is 3. The van der Waals surface area contributed by atoms with Gasteiger partial charge < -0.3 is 16.0 Å². The number of hydrogen-bond acceptors (Lipinski definition) is 4. The molecule has 0 aromatic carbocycles. The Hall–Kier alpha value is -2.02. The zero-order valence-corrected chi connectivity index (χ0v) is 14.1. The Morgan fingerprint density at radius 3 is 3.04 bits per heavy atom. The van der Waals surface area contributed by atoms with Gasteiger partial charge in [-0.2, -0.15) is 11.8 Å². The molecule has 0 aliphatic heterocycles. The third-order valence-corrected chi connectivity index (χ3v) is 4.21. The third-order valence-electron chi connectivity index (χ3n) is 3.22. The Morgan fingerprint density at radius 1 is 1.30 bits per heavy atom. The van der Waals surface area contributed by atoms with Gasteiger partial charge in [-0.05, 0) is 37.1 Å². The van der Waals surface area contributed by atoms with Crippen LogP contribution in [0.25, 0.3) is 0 Å². The van der Waals surface area contributed by atoms with Crippen LogP contribution in [-0.4, -0.2) is 45.5 Å². The van der Waals surface area contributed by atoms with Crippen LogP contribution in [0.1, 0.15) is 17.8 Å². The van der Waals surface area contributed by atoms with Gasteiger partial charge in [0.25, 0.3) is 0 Å². The highest BCUT2D eigenvalue weighted by Crippen LogP contribution is 2.03. The van der Waals surface area contributed by atoms with Gasteiger partial charge >= 0.3 is 0 Å². The van der Waals surface area contributed by atoms with Crippen molar-refractivity contribution in [2.75, 3.05) is 24.6 Å². The molecule has 0 amide bonds. The van der Waals surface area contributed by atoms with E-state index in [4.69, 9.17) is 5.73 Å². The Balaban J connectivity index is 1.46. The lowest BCUT2D eigenvalue weighted by atomic mass is 10.2. The van der Waals surface area contributed by atoms with Gasteiger partial charge in [0.15, 0.2) is 5.96 Å². The molecule has 6 nitrogen and oxygen atoms in total. The monoisotopic (exact) mass is 332 g/mol. The Bertz CT molecular complexity index is 555. The zero-order chi connectivity index (χ0) is 16.2. The molecular weight excluding hydrogens is 308 g/mol. The van der Waals surface area contributed by atoms with Gasteiger partial charge in [-0.15, -0.1) is 0 Å². The van der Waals surface area contributed by atoms with Gasteiger partial charge in [-0.25, -0.2) is 4.98 Å². The molecule has 2 aromatic rings. The van der Waals surface area contributed by atoms with Gasteiger partial charge in [0, 0.05) is 42.6 Å². The average molecular weight is 332 g/mol. The summed E-state index contributed by atoms with van der Waals surface area (Å²) in [5.74, 6) is 2.61. The second-order valence-electron chi connectivity index (χ2n) is 5.06. The number of aryl methyl sites for hydroxylation is 2. The summed E-state index contributed by atoms with van der Waals surface area (Å²) < 4.78 is 0. The number of rotatable bonds is 10. The molecular formula is C16H24N6S. The zero-order valence-electron chi connectivity index (χ0n) is 13.2. The van der Waals surface area contributed by atoms with E-state index in [0.717, 1.165) is 55.2 Å². The molecule has 2 aromatic heterocycles. The second-order valence-corrected chi connectivity index (χ2v) is 6.28. The number of hydrogen-bond donors (Lipinski definition) is 3. The fourth-order valence-corrected chi connectivity index (χ4v) is 2.83. The number of aromatic amines is 1. The van der Waals surface area contributed by atoms with E-state index in [2.05, 4.69) is 31.3 Å². The molecule has 23 heavy (non-hydrogen) atoms. The van der Waals surface area contributed by atoms with Crippen molar-refractivity contribution in [3.05, 3.63) is 48.3 Å². The molecule has 0 unspecified atom stereocenters. The van der Waals surface area contributed by atoms with Crippen molar-refractivity contribution in [1.82, 2.24) is 20.3 Å². The van der Waals surface area contributed by atoms with E-state index in [0.29, 0.717) is 5.96 Å². The number of aromatic nitrogens is 3. The highest BCUT2D eigenvalue weighted by molar-refractivity contribution is 7.99. The number of nitrogens with one attached hydrogen (secondary N) is 2. The normalized spacial score (nSPS) is 11.6. The maximum absolute atomic E-state index is 5.84. The topological polar surface area (TPSA) is 92.0 Å². The fraction of sp³-hybridized carbons (Fsp3) is 0.438. The quantitative estimate of drug-likeness (QED) is 0.349. The molecule has 0 fully saturated rings. The number of thioether (sulfide) groups is 1. The van der Waals surface area contributed by atoms with Gasteiger partial charge in [0.05, 0.1) is 6.33 Å². The summed E-state index contributed by atoms with van der Waals surface area (Å²) in [5.41, 5.74) is 8.12. The van der Waals surface area contributed by atoms with Crippen LogP contribution < -0.4 is 11.1 Å². The van der Waals surface area contributed by atoms with E-state index in [1.54, 1.807) is 6.33 Å². The summed E-state index contributed by atoms with van der Waals surface area (Å²) >= 11 is 1.89. The van der Waals surface area contributed by atoms with Crippen molar-refractivity contribution >= 4 is 17.7 Å². The maximum Gasteiger partial charge on any atom is 0.188 e. The van der Waals surface area contributed by atoms with Crippen LogP contribution in [0.3, 0.4) is 0 Å².